The molecule has 0 fully saturated rings. The number of carbonyl (C=O) groups excluding carboxylic acids is 2. The first-order valence-electron chi connectivity index (χ1n) is 7.21. The molecule has 21 heavy (non-hydrogen) atoms. The van der Waals surface area contributed by atoms with Crippen LogP contribution in [0, 0.1) is 5.41 Å². The van der Waals surface area contributed by atoms with Crippen LogP contribution in [-0.2, 0) is 9.53 Å². The Hall–Kier alpha value is -1.16. The van der Waals surface area contributed by atoms with Gasteiger partial charge < -0.3 is 4.74 Å². The summed E-state index contributed by atoms with van der Waals surface area (Å²) < 4.78 is 3.93. The van der Waals surface area contributed by atoms with Crippen LogP contribution in [0.3, 0.4) is 0 Å². The summed E-state index contributed by atoms with van der Waals surface area (Å²) in [6, 6.07) is 8.83. The average molecular weight is 355 g/mol. The molecule has 0 saturated heterocycles. The standard InChI is InChI=1S/C17H23BrO3/c1-5-6-12-21-15(20)17(18,16(2,3)4)14(19)13-10-8-7-9-11-13/h7-11H,5-6,12H2,1-4H3. The lowest BCUT2D eigenvalue weighted by Gasteiger charge is -2.36. The van der Waals surface area contributed by atoms with Crippen LogP contribution in [0.5, 0.6) is 0 Å². The lowest BCUT2D eigenvalue weighted by atomic mass is 9.76. The molecule has 1 aromatic rings. The quantitative estimate of drug-likeness (QED) is 0.250. The van der Waals surface area contributed by atoms with Crippen molar-refractivity contribution in [1.29, 1.82) is 0 Å². The van der Waals surface area contributed by atoms with Gasteiger partial charge in [-0.2, -0.15) is 0 Å². The first kappa shape index (κ1) is 17.9. The number of Topliss-reactive ketones (excluding diaryl/α,β-unsaturated/α-hetero) is 1. The van der Waals surface area contributed by atoms with Crippen molar-refractivity contribution in [3.05, 3.63) is 35.9 Å². The van der Waals surface area contributed by atoms with E-state index in [4.69, 9.17) is 4.74 Å². The van der Waals surface area contributed by atoms with Crippen LogP contribution in [0.15, 0.2) is 30.3 Å². The fraction of sp³-hybridized carbons (Fsp3) is 0.529. The molecule has 0 radical (unpaired) electrons. The smallest absolute Gasteiger partial charge is 0.331 e. The van der Waals surface area contributed by atoms with E-state index >= 15 is 0 Å². The van der Waals surface area contributed by atoms with Crippen molar-refractivity contribution in [3.8, 4) is 0 Å². The van der Waals surface area contributed by atoms with E-state index in [9.17, 15) is 9.59 Å². The average Bonchev–Trinajstić information content (AvgIpc) is 2.45. The van der Waals surface area contributed by atoms with E-state index in [1.54, 1.807) is 24.3 Å². The summed E-state index contributed by atoms with van der Waals surface area (Å²) in [5.74, 6) is -0.783. The molecule has 0 spiro atoms. The van der Waals surface area contributed by atoms with E-state index in [2.05, 4.69) is 15.9 Å². The van der Waals surface area contributed by atoms with Crippen molar-refractivity contribution < 1.29 is 14.3 Å². The summed E-state index contributed by atoms with van der Waals surface area (Å²) in [6.07, 6.45) is 1.73. The number of ether oxygens (including phenoxy) is 1. The fourth-order valence-corrected chi connectivity index (χ4v) is 2.28. The predicted molar refractivity (Wildman–Crippen MR) is 87.8 cm³/mol. The van der Waals surface area contributed by atoms with Gasteiger partial charge in [0.1, 0.15) is 0 Å². The van der Waals surface area contributed by atoms with Crippen LogP contribution in [0.1, 0.15) is 50.9 Å². The van der Waals surface area contributed by atoms with Crippen LogP contribution in [0.25, 0.3) is 0 Å². The number of alkyl halides is 1. The molecule has 0 N–H and O–H groups in total. The summed E-state index contributed by atoms with van der Waals surface area (Å²) in [4.78, 5) is 25.4. The summed E-state index contributed by atoms with van der Waals surface area (Å²) in [5, 5.41) is 0. The number of unbranched alkanes of at least 4 members (excludes halogenated alkanes) is 1. The molecule has 1 atom stereocenters. The number of carbonyl (C=O) groups is 2. The molecule has 0 amide bonds. The van der Waals surface area contributed by atoms with Crippen LogP contribution >= 0.6 is 15.9 Å². The van der Waals surface area contributed by atoms with Crippen molar-refractivity contribution in [3.63, 3.8) is 0 Å². The molecule has 116 valence electrons. The van der Waals surface area contributed by atoms with Crippen LogP contribution in [0.4, 0.5) is 0 Å². The van der Waals surface area contributed by atoms with Gasteiger partial charge in [0.25, 0.3) is 0 Å². The Labute approximate surface area is 135 Å². The number of hydrogen-bond acceptors (Lipinski definition) is 3. The van der Waals surface area contributed by atoms with Crippen LogP contribution < -0.4 is 0 Å². The summed E-state index contributed by atoms with van der Waals surface area (Å²) >= 11 is 3.40. The molecule has 0 saturated carbocycles. The number of esters is 1. The first-order chi connectivity index (χ1) is 9.75. The second-order valence-electron chi connectivity index (χ2n) is 6.09. The first-order valence-corrected chi connectivity index (χ1v) is 8.00. The molecule has 1 aromatic carbocycles. The lowest BCUT2D eigenvalue weighted by molar-refractivity contribution is -0.147. The highest BCUT2D eigenvalue weighted by molar-refractivity contribution is 9.10. The molecule has 1 rings (SSSR count). The lowest BCUT2D eigenvalue weighted by Crippen LogP contribution is -2.52. The Balaban J connectivity index is 3.10. The van der Waals surface area contributed by atoms with E-state index in [1.807, 2.05) is 33.8 Å². The number of rotatable bonds is 6. The Morgan fingerprint density at radius 2 is 1.71 bits per heavy atom. The maximum atomic E-state index is 12.8. The van der Waals surface area contributed by atoms with Gasteiger partial charge in [0, 0.05) is 5.56 Å². The third kappa shape index (κ3) is 3.94. The van der Waals surface area contributed by atoms with Gasteiger partial charge in [-0.05, 0) is 11.8 Å². The number of benzene rings is 1. The zero-order valence-corrected chi connectivity index (χ0v) is 14.7. The summed E-state index contributed by atoms with van der Waals surface area (Å²) in [7, 11) is 0. The minimum absolute atomic E-state index is 0.267. The van der Waals surface area contributed by atoms with E-state index < -0.39 is 15.7 Å². The van der Waals surface area contributed by atoms with Crippen molar-refractivity contribution in [2.45, 2.75) is 44.9 Å². The van der Waals surface area contributed by atoms with Gasteiger partial charge in [-0.25, -0.2) is 0 Å². The summed E-state index contributed by atoms with van der Waals surface area (Å²) in [5.41, 5.74) is -0.111. The van der Waals surface area contributed by atoms with Gasteiger partial charge in [-0.3, -0.25) is 9.59 Å². The van der Waals surface area contributed by atoms with Gasteiger partial charge in [0.2, 0.25) is 0 Å². The zero-order chi connectivity index (χ0) is 16.1. The minimum Gasteiger partial charge on any atom is -0.464 e. The maximum absolute atomic E-state index is 12.8. The Bertz CT molecular complexity index is 491. The zero-order valence-electron chi connectivity index (χ0n) is 13.1. The van der Waals surface area contributed by atoms with Crippen LogP contribution in [0.2, 0.25) is 0 Å². The van der Waals surface area contributed by atoms with Crippen molar-refractivity contribution in [2.24, 2.45) is 5.41 Å². The number of hydrogen-bond donors (Lipinski definition) is 0. The third-order valence-corrected chi connectivity index (χ3v) is 5.27. The van der Waals surface area contributed by atoms with Crippen LogP contribution in [-0.4, -0.2) is 22.7 Å². The third-order valence-electron chi connectivity index (χ3n) is 3.39. The Morgan fingerprint density at radius 1 is 1.14 bits per heavy atom. The topological polar surface area (TPSA) is 43.4 Å². The molecule has 1 unspecified atom stereocenters. The molecule has 3 nitrogen and oxygen atoms in total. The molecule has 0 heterocycles. The van der Waals surface area contributed by atoms with Gasteiger partial charge in [0.15, 0.2) is 10.1 Å². The molecule has 0 bridgehead atoms. The van der Waals surface area contributed by atoms with E-state index in [-0.39, 0.29) is 5.78 Å². The summed E-state index contributed by atoms with van der Waals surface area (Å²) in [6.45, 7) is 7.91. The van der Waals surface area contributed by atoms with Crippen molar-refractivity contribution in [2.75, 3.05) is 6.61 Å². The van der Waals surface area contributed by atoms with Gasteiger partial charge in [0.05, 0.1) is 6.61 Å². The second kappa shape index (κ2) is 7.21. The number of ketones is 1. The van der Waals surface area contributed by atoms with Crippen molar-refractivity contribution >= 4 is 27.7 Å². The van der Waals surface area contributed by atoms with Crippen molar-refractivity contribution in [1.82, 2.24) is 0 Å². The monoisotopic (exact) mass is 354 g/mol. The van der Waals surface area contributed by atoms with Gasteiger partial charge >= 0.3 is 5.97 Å². The Kier molecular flexibility index (Phi) is 6.14. The largest absolute Gasteiger partial charge is 0.464 e. The Morgan fingerprint density at radius 3 is 2.19 bits per heavy atom. The maximum Gasteiger partial charge on any atom is 0.331 e. The van der Waals surface area contributed by atoms with E-state index in [0.717, 1.165) is 12.8 Å². The fourth-order valence-electron chi connectivity index (χ4n) is 1.94. The molecule has 4 heteroatoms. The molecule has 0 aliphatic carbocycles. The number of halogens is 1. The predicted octanol–water partition coefficient (Wildman–Crippen LogP) is 4.39. The van der Waals surface area contributed by atoms with E-state index in [0.29, 0.717) is 12.2 Å². The van der Waals surface area contributed by atoms with E-state index in [1.165, 1.54) is 0 Å². The molecule has 0 aliphatic heterocycles. The molecular weight excluding hydrogens is 332 g/mol. The van der Waals surface area contributed by atoms with Gasteiger partial charge in [-0.15, -0.1) is 0 Å². The highest BCUT2D eigenvalue weighted by Gasteiger charge is 2.54. The highest BCUT2D eigenvalue weighted by atomic mass is 79.9. The second-order valence-corrected chi connectivity index (χ2v) is 7.28. The minimum atomic E-state index is -1.38. The SMILES string of the molecule is CCCCOC(=O)C(Br)(C(=O)c1ccccc1)C(C)(C)C. The van der Waals surface area contributed by atoms with Gasteiger partial charge in [-0.1, -0.05) is 80.4 Å². The highest BCUT2D eigenvalue weighted by Crippen LogP contribution is 2.42. The molecule has 0 aliphatic rings. The normalized spacial score (nSPS) is 14.3. The molecular formula is C17H23BrO3. The molecule has 0 aromatic heterocycles.